The summed E-state index contributed by atoms with van der Waals surface area (Å²) >= 11 is 8.44. The number of amides is 2. The molecule has 0 aliphatic rings. The van der Waals surface area contributed by atoms with E-state index in [4.69, 9.17) is 17.3 Å². The van der Waals surface area contributed by atoms with Crippen molar-refractivity contribution < 1.29 is 9.59 Å². The molecule has 0 fully saturated rings. The Morgan fingerprint density at radius 1 is 1.04 bits per heavy atom. The van der Waals surface area contributed by atoms with E-state index in [9.17, 15) is 9.59 Å². The predicted molar refractivity (Wildman–Crippen MR) is 119 cm³/mol. The molecule has 4 nitrogen and oxygen atoms in total. The summed E-state index contributed by atoms with van der Waals surface area (Å²) in [5.41, 5.74) is 8.92. The molecule has 2 amide bonds. The van der Waals surface area contributed by atoms with Gasteiger partial charge in [0, 0.05) is 10.4 Å². The summed E-state index contributed by atoms with van der Waals surface area (Å²) in [6, 6.07) is 11.4. The highest BCUT2D eigenvalue weighted by Gasteiger charge is 2.24. The number of benzene rings is 1. The van der Waals surface area contributed by atoms with Crippen molar-refractivity contribution in [2.45, 2.75) is 33.1 Å². The molecular formula is C21H21ClN2O2S2. The minimum absolute atomic E-state index is 0.0376. The number of nitrogens with one attached hydrogen (secondary N) is 1. The Morgan fingerprint density at radius 3 is 2.18 bits per heavy atom. The number of halogens is 1. The molecule has 7 heteroatoms. The number of primary amides is 1. The van der Waals surface area contributed by atoms with Crippen molar-refractivity contribution in [1.82, 2.24) is 0 Å². The lowest BCUT2D eigenvalue weighted by Gasteiger charge is -2.19. The van der Waals surface area contributed by atoms with E-state index >= 15 is 0 Å². The Balaban J connectivity index is 2.01. The van der Waals surface area contributed by atoms with Crippen LogP contribution in [-0.2, 0) is 5.41 Å². The van der Waals surface area contributed by atoms with Crippen LogP contribution in [0.4, 0.5) is 5.00 Å². The zero-order valence-corrected chi connectivity index (χ0v) is 18.4. The Hall–Kier alpha value is -2.15. The third-order valence-corrected chi connectivity index (χ3v) is 6.64. The third-order valence-electron chi connectivity index (χ3n) is 4.39. The molecule has 3 N–H and O–H groups in total. The van der Waals surface area contributed by atoms with Crippen LogP contribution in [0.2, 0.25) is 4.34 Å². The van der Waals surface area contributed by atoms with E-state index in [1.54, 1.807) is 12.1 Å². The zero-order valence-electron chi connectivity index (χ0n) is 16.1. The largest absolute Gasteiger partial charge is 0.365 e. The maximum absolute atomic E-state index is 12.5. The van der Waals surface area contributed by atoms with E-state index < -0.39 is 5.91 Å². The van der Waals surface area contributed by atoms with E-state index in [0.717, 1.165) is 16.0 Å². The topological polar surface area (TPSA) is 72.2 Å². The van der Waals surface area contributed by atoms with Crippen LogP contribution in [-0.4, -0.2) is 11.8 Å². The van der Waals surface area contributed by atoms with Gasteiger partial charge in [0.25, 0.3) is 11.8 Å². The molecule has 3 rings (SSSR count). The highest BCUT2D eigenvalue weighted by molar-refractivity contribution is 7.19. The normalized spacial score (nSPS) is 11.5. The Bertz CT molecular complexity index is 1040. The van der Waals surface area contributed by atoms with Crippen LogP contribution in [0.25, 0.3) is 11.1 Å². The molecule has 3 aromatic rings. The maximum Gasteiger partial charge on any atom is 0.266 e. The minimum atomic E-state index is -0.571. The van der Waals surface area contributed by atoms with Crippen molar-refractivity contribution in [3.05, 3.63) is 61.6 Å². The standard InChI is InChI=1S/C21H21ClN2O2S2/c1-11-16(12-5-7-13(8-6-12)21(2,3)4)17(18(23)25)20(27-11)24-19(26)14-9-10-15(22)28-14/h5-10H,1-4H3,(H2,23,25)(H,24,26). The second-order valence-corrected chi connectivity index (χ2v) is 10.4. The number of carbonyl (C=O) groups excluding carboxylic acids is 2. The number of hydrogen-bond donors (Lipinski definition) is 2. The average Bonchev–Trinajstić information content (AvgIpc) is 3.17. The maximum atomic E-state index is 12.5. The number of anilines is 1. The fourth-order valence-corrected chi connectivity index (χ4v) is 4.97. The number of carbonyl (C=O) groups is 2. The van der Waals surface area contributed by atoms with Crippen LogP contribution in [0.1, 0.15) is 51.2 Å². The van der Waals surface area contributed by atoms with E-state index in [2.05, 4.69) is 38.2 Å². The van der Waals surface area contributed by atoms with Gasteiger partial charge < -0.3 is 11.1 Å². The molecular weight excluding hydrogens is 412 g/mol. The van der Waals surface area contributed by atoms with Gasteiger partial charge in [-0.15, -0.1) is 22.7 Å². The smallest absolute Gasteiger partial charge is 0.266 e. The molecule has 0 radical (unpaired) electrons. The van der Waals surface area contributed by atoms with Gasteiger partial charge in [0.05, 0.1) is 14.8 Å². The highest BCUT2D eigenvalue weighted by atomic mass is 35.5. The fraction of sp³-hybridized carbons (Fsp3) is 0.238. The van der Waals surface area contributed by atoms with Crippen molar-refractivity contribution in [2.24, 2.45) is 5.73 Å². The SMILES string of the molecule is Cc1sc(NC(=O)c2ccc(Cl)s2)c(C(N)=O)c1-c1ccc(C(C)(C)C)cc1. The lowest BCUT2D eigenvalue weighted by atomic mass is 9.86. The zero-order chi connectivity index (χ0) is 20.6. The van der Waals surface area contributed by atoms with Crippen LogP contribution in [0.5, 0.6) is 0 Å². The molecule has 2 aromatic heterocycles. The molecule has 28 heavy (non-hydrogen) atoms. The van der Waals surface area contributed by atoms with Crippen LogP contribution >= 0.6 is 34.3 Å². The van der Waals surface area contributed by atoms with E-state index in [0.29, 0.717) is 19.8 Å². The van der Waals surface area contributed by atoms with Gasteiger partial charge in [0.1, 0.15) is 5.00 Å². The van der Waals surface area contributed by atoms with Crippen LogP contribution in [0.15, 0.2) is 36.4 Å². The number of hydrogen-bond acceptors (Lipinski definition) is 4. The van der Waals surface area contributed by atoms with Crippen molar-refractivity contribution in [2.75, 3.05) is 5.32 Å². The first-order valence-corrected chi connectivity index (χ1v) is 10.7. The number of aryl methyl sites for hydroxylation is 1. The Labute approximate surface area is 177 Å². The van der Waals surface area contributed by atoms with E-state index in [1.165, 1.54) is 28.2 Å². The molecule has 0 saturated heterocycles. The summed E-state index contributed by atoms with van der Waals surface area (Å²) in [6.45, 7) is 8.37. The molecule has 146 valence electrons. The van der Waals surface area contributed by atoms with Gasteiger partial charge in [-0.3, -0.25) is 9.59 Å². The first-order chi connectivity index (χ1) is 13.1. The monoisotopic (exact) mass is 432 g/mol. The van der Waals surface area contributed by atoms with Gasteiger partial charge in [0.2, 0.25) is 0 Å². The van der Waals surface area contributed by atoms with Gasteiger partial charge in [-0.05, 0) is 35.6 Å². The summed E-state index contributed by atoms with van der Waals surface area (Å²) in [5, 5.41) is 3.27. The van der Waals surface area contributed by atoms with Crippen LogP contribution in [0, 0.1) is 6.92 Å². The molecule has 0 unspecified atom stereocenters. The Morgan fingerprint density at radius 2 is 1.68 bits per heavy atom. The summed E-state index contributed by atoms with van der Waals surface area (Å²) in [5.74, 6) is -0.881. The van der Waals surface area contributed by atoms with Gasteiger partial charge in [-0.2, -0.15) is 0 Å². The molecule has 0 aliphatic carbocycles. The van der Waals surface area contributed by atoms with Crippen molar-refractivity contribution >= 4 is 51.1 Å². The summed E-state index contributed by atoms with van der Waals surface area (Å²) in [6.07, 6.45) is 0. The lowest BCUT2D eigenvalue weighted by Crippen LogP contribution is -2.16. The lowest BCUT2D eigenvalue weighted by molar-refractivity contribution is 0.100. The molecule has 2 heterocycles. The van der Waals surface area contributed by atoms with Gasteiger partial charge in [0.15, 0.2) is 0 Å². The van der Waals surface area contributed by atoms with Crippen molar-refractivity contribution in [1.29, 1.82) is 0 Å². The molecule has 0 bridgehead atoms. The van der Waals surface area contributed by atoms with Gasteiger partial charge in [-0.25, -0.2) is 0 Å². The molecule has 1 aromatic carbocycles. The van der Waals surface area contributed by atoms with Crippen LogP contribution in [0.3, 0.4) is 0 Å². The summed E-state index contributed by atoms with van der Waals surface area (Å²) in [7, 11) is 0. The second-order valence-electron chi connectivity index (χ2n) is 7.49. The first kappa shape index (κ1) is 20.6. The quantitative estimate of drug-likeness (QED) is 0.523. The molecule has 0 spiro atoms. The molecule has 0 aliphatic heterocycles. The number of thiophene rings is 2. The number of rotatable bonds is 4. The van der Waals surface area contributed by atoms with Crippen molar-refractivity contribution in [3.8, 4) is 11.1 Å². The Kier molecular flexibility index (Phi) is 5.66. The van der Waals surface area contributed by atoms with E-state index in [-0.39, 0.29) is 11.3 Å². The van der Waals surface area contributed by atoms with Crippen molar-refractivity contribution in [3.63, 3.8) is 0 Å². The van der Waals surface area contributed by atoms with E-state index in [1.807, 2.05) is 19.1 Å². The van der Waals surface area contributed by atoms with Gasteiger partial charge >= 0.3 is 0 Å². The average molecular weight is 433 g/mol. The molecule has 0 atom stereocenters. The minimum Gasteiger partial charge on any atom is -0.365 e. The first-order valence-electron chi connectivity index (χ1n) is 8.68. The summed E-state index contributed by atoms with van der Waals surface area (Å²) < 4.78 is 0.530. The number of nitrogens with two attached hydrogens (primary N) is 1. The second kappa shape index (κ2) is 7.70. The van der Waals surface area contributed by atoms with Gasteiger partial charge in [-0.1, -0.05) is 56.6 Å². The predicted octanol–water partition coefficient (Wildman–Crippen LogP) is 6.09. The molecule has 0 saturated carbocycles. The fourth-order valence-electron chi connectivity index (χ4n) is 2.95. The summed E-state index contributed by atoms with van der Waals surface area (Å²) in [4.78, 5) is 26.1. The highest BCUT2D eigenvalue weighted by Crippen LogP contribution is 2.40. The third kappa shape index (κ3) is 4.14. The van der Waals surface area contributed by atoms with Crippen LogP contribution < -0.4 is 11.1 Å².